The summed E-state index contributed by atoms with van der Waals surface area (Å²) in [5.41, 5.74) is 3.22. The van der Waals surface area contributed by atoms with Gasteiger partial charge in [0.2, 0.25) is 5.95 Å². The van der Waals surface area contributed by atoms with Gasteiger partial charge < -0.3 is 5.32 Å². The van der Waals surface area contributed by atoms with E-state index in [1.54, 1.807) is 23.5 Å². The maximum atomic E-state index is 12.6. The summed E-state index contributed by atoms with van der Waals surface area (Å²) >= 11 is 1.55. The van der Waals surface area contributed by atoms with Gasteiger partial charge in [-0.25, -0.2) is 15.0 Å². The Hall–Kier alpha value is -2.84. The van der Waals surface area contributed by atoms with E-state index < -0.39 is 0 Å². The minimum absolute atomic E-state index is 0.165. The summed E-state index contributed by atoms with van der Waals surface area (Å²) in [6.45, 7) is 8.19. The summed E-state index contributed by atoms with van der Waals surface area (Å²) in [5.74, 6) is 0.384. The van der Waals surface area contributed by atoms with Gasteiger partial charge in [0.05, 0.1) is 0 Å². The van der Waals surface area contributed by atoms with Crippen LogP contribution in [0.1, 0.15) is 52.8 Å². The van der Waals surface area contributed by atoms with E-state index in [2.05, 4.69) is 37.4 Å². The number of hydrogen-bond donors (Lipinski definition) is 2. The van der Waals surface area contributed by atoms with Gasteiger partial charge in [-0.3, -0.25) is 15.0 Å². The molecule has 1 aliphatic heterocycles. The summed E-state index contributed by atoms with van der Waals surface area (Å²) in [6, 6.07) is 9.79. The van der Waals surface area contributed by atoms with Gasteiger partial charge in [-0.1, -0.05) is 6.42 Å². The molecule has 0 bridgehead atoms. The molecule has 1 atom stereocenters. The van der Waals surface area contributed by atoms with Crippen LogP contribution in [0.15, 0.2) is 36.5 Å². The zero-order chi connectivity index (χ0) is 21.8. The van der Waals surface area contributed by atoms with Crippen LogP contribution in [0.5, 0.6) is 0 Å². The molecule has 0 spiro atoms. The number of aryl methyl sites for hydroxylation is 2. The number of piperidine rings is 1. The molecule has 1 fully saturated rings. The molecule has 1 saturated heterocycles. The maximum Gasteiger partial charge on any atom is 0.257 e. The van der Waals surface area contributed by atoms with Crippen molar-refractivity contribution in [2.24, 2.45) is 0 Å². The van der Waals surface area contributed by atoms with Crippen molar-refractivity contribution in [3.8, 4) is 0 Å². The number of aromatic nitrogens is 3. The first-order valence-corrected chi connectivity index (χ1v) is 11.5. The van der Waals surface area contributed by atoms with Crippen LogP contribution in [0.2, 0.25) is 0 Å². The van der Waals surface area contributed by atoms with Crippen molar-refractivity contribution in [1.82, 2.24) is 19.9 Å². The minimum Gasteiger partial charge on any atom is -0.324 e. The number of carbonyl (C=O) groups excluding carboxylic acids is 1. The average Bonchev–Trinajstić information content (AvgIpc) is 3.16. The first-order chi connectivity index (χ1) is 15.0. The van der Waals surface area contributed by atoms with Crippen LogP contribution in [0, 0.1) is 13.8 Å². The fourth-order valence-electron chi connectivity index (χ4n) is 3.82. The van der Waals surface area contributed by atoms with Crippen LogP contribution in [-0.4, -0.2) is 38.3 Å². The first-order valence-electron chi connectivity index (χ1n) is 10.7. The Morgan fingerprint density at radius 1 is 1.16 bits per heavy atom. The van der Waals surface area contributed by atoms with Gasteiger partial charge in [-0.2, -0.15) is 0 Å². The maximum absolute atomic E-state index is 12.6. The molecule has 1 aliphatic rings. The molecule has 3 heterocycles. The molecule has 4 rings (SSSR count). The number of amides is 1. The Labute approximate surface area is 187 Å². The van der Waals surface area contributed by atoms with Crippen LogP contribution >= 0.6 is 11.3 Å². The number of anilines is 3. The normalized spacial score (nSPS) is 16.8. The van der Waals surface area contributed by atoms with Crippen molar-refractivity contribution in [3.05, 3.63) is 58.4 Å². The highest BCUT2D eigenvalue weighted by Crippen LogP contribution is 2.24. The third-order valence-electron chi connectivity index (χ3n) is 5.46. The highest BCUT2D eigenvalue weighted by molar-refractivity contribution is 7.15. The topological polar surface area (TPSA) is 83.0 Å². The standard InChI is InChI=1S/C23H28N6OS/c1-15-12-16(2)26-22(25-15)27-19-9-7-18(8-10-19)21(30)28-23-24-13-20(31-23)14-29-11-5-4-6-17(29)3/h7-10,12-13,17H,4-6,11,14H2,1-3H3,(H,24,28,30)(H,25,26,27). The van der Waals surface area contributed by atoms with E-state index in [0.29, 0.717) is 22.7 Å². The largest absolute Gasteiger partial charge is 0.324 e. The minimum atomic E-state index is -0.165. The summed E-state index contributed by atoms with van der Waals surface area (Å²) in [4.78, 5) is 29.4. The fourth-order valence-corrected chi connectivity index (χ4v) is 4.65. The Bertz CT molecular complexity index is 1030. The molecule has 2 aromatic heterocycles. The first kappa shape index (κ1) is 21.4. The van der Waals surface area contributed by atoms with Crippen LogP contribution in [0.25, 0.3) is 0 Å². The van der Waals surface area contributed by atoms with Crippen LogP contribution in [0.4, 0.5) is 16.8 Å². The van der Waals surface area contributed by atoms with E-state index >= 15 is 0 Å². The number of hydrogen-bond acceptors (Lipinski definition) is 7. The monoisotopic (exact) mass is 436 g/mol. The van der Waals surface area contributed by atoms with Gasteiger partial charge in [0.1, 0.15) is 0 Å². The summed E-state index contributed by atoms with van der Waals surface area (Å²) < 4.78 is 0. The highest BCUT2D eigenvalue weighted by atomic mass is 32.1. The van der Waals surface area contributed by atoms with Crippen LogP contribution in [0.3, 0.4) is 0 Å². The molecule has 1 unspecified atom stereocenters. The van der Waals surface area contributed by atoms with Crippen LogP contribution < -0.4 is 10.6 Å². The lowest BCUT2D eigenvalue weighted by atomic mass is 10.0. The van der Waals surface area contributed by atoms with Crippen molar-refractivity contribution in [3.63, 3.8) is 0 Å². The Kier molecular flexibility index (Phi) is 6.58. The molecule has 1 amide bonds. The zero-order valence-corrected chi connectivity index (χ0v) is 19.0. The van der Waals surface area contributed by atoms with Gasteiger partial charge >= 0.3 is 0 Å². The van der Waals surface area contributed by atoms with Gasteiger partial charge in [-0.05, 0) is 70.5 Å². The zero-order valence-electron chi connectivity index (χ0n) is 18.2. The molecular weight excluding hydrogens is 408 g/mol. The second-order valence-electron chi connectivity index (χ2n) is 8.08. The molecule has 0 radical (unpaired) electrons. The van der Waals surface area contributed by atoms with Crippen molar-refractivity contribution in [2.75, 3.05) is 17.2 Å². The van der Waals surface area contributed by atoms with E-state index in [4.69, 9.17) is 0 Å². The predicted octanol–water partition coefficient (Wildman–Crippen LogP) is 4.92. The number of benzene rings is 1. The Morgan fingerprint density at radius 3 is 2.61 bits per heavy atom. The molecule has 8 heteroatoms. The second kappa shape index (κ2) is 9.53. The van der Waals surface area contributed by atoms with Crippen molar-refractivity contribution in [2.45, 2.75) is 52.6 Å². The Balaban J connectivity index is 1.35. The number of nitrogens with one attached hydrogen (secondary N) is 2. The average molecular weight is 437 g/mol. The molecule has 2 N–H and O–H groups in total. The number of carbonyl (C=O) groups is 1. The number of likely N-dealkylation sites (tertiary alicyclic amines) is 1. The third kappa shape index (κ3) is 5.65. The SMILES string of the molecule is Cc1cc(C)nc(Nc2ccc(C(=O)Nc3ncc(CN4CCCCC4C)s3)cc2)n1. The number of thiazole rings is 1. The quantitative estimate of drug-likeness (QED) is 0.571. The van der Waals surface area contributed by atoms with E-state index in [-0.39, 0.29) is 5.91 Å². The third-order valence-corrected chi connectivity index (χ3v) is 6.36. The second-order valence-corrected chi connectivity index (χ2v) is 9.19. The van der Waals surface area contributed by atoms with Crippen LogP contribution in [-0.2, 0) is 6.54 Å². The summed E-state index contributed by atoms with van der Waals surface area (Å²) in [6.07, 6.45) is 5.70. The molecule has 31 heavy (non-hydrogen) atoms. The lowest BCUT2D eigenvalue weighted by molar-refractivity contribution is 0.102. The van der Waals surface area contributed by atoms with E-state index in [1.165, 1.54) is 24.1 Å². The molecular formula is C23H28N6OS. The number of nitrogens with zero attached hydrogens (tertiary/aromatic N) is 4. The molecule has 0 aliphatic carbocycles. The van der Waals surface area contributed by atoms with Gasteiger partial charge in [0, 0.05) is 46.3 Å². The van der Waals surface area contributed by atoms with Crippen molar-refractivity contribution in [1.29, 1.82) is 0 Å². The smallest absolute Gasteiger partial charge is 0.257 e. The Morgan fingerprint density at radius 2 is 1.90 bits per heavy atom. The lowest BCUT2D eigenvalue weighted by Gasteiger charge is -2.32. The predicted molar refractivity (Wildman–Crippen MR) is 125 cm³/mol. The van der Waals surface area contributed by atoms with Gasteiger partial charge in [-0.15, -0.1) is 11.3 Å². The molecule has 3 aromatic rings. The van der Waals surface area contributed by atoms with Gasteiger partial charge in [0.15, 0.2) is 5.13 Å². The van der Waals surface area contributed by atoms with E-state index in [1.807, 2.05) is 38.2 Å². The highest BCUT2D eigenvalue weighted by Gasteiger charge is 2.19. The van der Waals surface area contributed by atoms with E-state index in [9.17, 15) is 4.79 Å². The van der Waals surface area contributed by atoms with Crippen molar-refractivity contribution >= 4 is 34.0 Å². The molecule has 0 saturated carbocycles. The molecule has 7 nitrogen and oxygen atoms in total. The van der Waals surface area contributed by atoms with E-state index in [0.717, 1.165) is 30.2 Å². The fraction of sp³-hybridized carbons (Fsp3) is 0.391. The molecule has 162 valence electrons. The summed E-state index contributed by atoms with van der Waals surface area (Å²) in [5, 5.41) is 6.73. The van der Waals surface area contributed by atoms with Gasteiger partial charge in [0.25, 0.3) is 5.91 Å². The van der Waals surface area contributed by atoms with Crippen molar-refractivity contribution < 1.29 is 4.79 Å². The number of rotatable bonds is 6. The summed E-state index contributed by atoms with van der Waals surface area (Å²) in [7, 11) is 0. The lowest BCUT2D eigenvalue weighted by Crippen LogP contribution is -2.36. The molecule has 1 aromatic carbocycles.